The number of carbonyl (C=O) groups excluding carboxylic acids is 1. The number of esters is 1. The summed E-state index contributed by atoms with van der Waals surface area (Å²) in [7, 11) is 1.41. The third-order valence-electron chi connectivity index (χ3n) is 4.38. The maximum absolute atomic E-state index is 11.6. The van der Waals surface area contributed by atoms with Gasteiger partial charge in [0.15, 0.2) is 0 Å². The van der Waals surface area contributed by atoms with E-state index in [0.29, 0.717) is 6.42 Å². The van der Waals surface area contributed by atoms with Gasteiger partial charge in [-0.2, -0.15) is 0 Å². The van der Waals surface area contributed by atoms with Crippen molar-refractivity contribution < 1.29 is 14.3 Å². The lowest BCUT2D eigenvalue weighted by molar-refractivity contribution is -0.141. The standard InChI is InChI=1S/C18H28N2O3/c1-12-10-20(11-13(2)23-12)16-7-6-14(8-15(16)19)18(3,4)9-17(21)22-5/h6-8,12-13H,9-11,19H2,1-5H3/t12-,13+. The maximum Gasteiger partial charge on any atom is 0.306 e. The van der Waals surface area contributed by atoms with E-state index in [-0.39, 0.29) is 23.6 Å². The fourth-order valence-corrected chi connectivity index (χ4v) is 3.17. The van der Waals surface area contributed by atoms with Crippen molar-refractivity contribution in [1.29, 1.82) is 0 Å². The van der Waals surface area contributed by atoms with Crippen LogP contribution in [0.1, 0.15) is 39.7 Å². The van der Waals surface area contributed by atoms with Crippen LogP contribution in [0.25, 0.3) is 0 Å². The Morgan fingerprint density at radius 3 is 2.48 bits per heavy atom. The average Bonchev–Trinajstić information content (AvgIpc) is 2.45. The minimum absolute atomic E-state index is 0.189. The molecule has 5 heteroatoms. The minimum atomic E-state index is -0.314. The summed E-state index contributed by atoms with van der Waals surface area (Å²) in [6.07, 6.45) is 0.704. The van der Waals surface area contributed by atoms with Gasteiger partial charge in [0.05, 0.1) is 37.1 Å². The molecule has 2 N–H and O–H groups in total. The number of nitrogens with zero attached hydrogens (tertiary/aromatic N) is 1. The van der Waals surface area contributed by atoms with Crippen LogP contribution in [0.2, 0.25) is 0 Å². The SMILES string of the molecule is COC(=O)CC(C)(C)c1ccc(N2C[C@@H](C)O[C@@H](C)C2)c(N)c1. The Hall–Kier alpha value is -1.75. The molecule has 0 bridgehead atoms. The number of ether oxygens (including phenoxy) is 2. The molecule has 1 saturated heterocycles. The van der Waals surface area contributed by atoms with Crippen LogP contribution in [0, 0.1) is 0 Å². The first-order valence-corrected chi connectivity index (χ1v) is 8.10. The summed E-state index contributed by atoms with van der Waals surface area (Å²) < 4.78 is 10.6. The molecule has 1 aromatic carbocycles. The van der Waals surface area contributed by atoms with E-state index in [1.165, 1.54) is 7.11 Å². The molecule has 0 aromatic heterocycles. The van der Waals surface area contributed by atoms with Gasteiger partial charge in [-0.15, -0.1) is 0 Å². The van der Waals surface area contributed by atoms with Gasteiger partial charge >= 0.3 is 5.97 Å². The first-order valence-electron chi connectivity index (χ1n) is 8.10. The van der Waals surface area contributed by atoms with Crippen LogP contribution in [0.3, 0.4) is 0 Å². The molecule has 0 radical (unpaired) electrons. The lowest BCUT2D eigenvalue weighted by atomic mass is 9.81. The van der Waals surface area contributed by atoms with Gasteiger partial charge in [0.25, 0.3) is 0 Å². The quantitative estimate of drug-likeness (QED) is 0.682. The molecule has 1 aromatic rings. The average molecular weight is 320 g/mol. The van der Waals surface area contributed by atoms with Gasteiger partial charge in [0.2, 0.25) is 0 Å². The lowest BCUT2D eigenvalue weighted by Crippen LogP contribution is -2.45. The number of benzene rings is 1. The van der Waals surface area contributed by atoms with Crippen molar-refractivity contribution in [3.8, 4) is 0 Å². The Kier molecular flexibility index (Phi) is 5.19. The van der Waals surface area contributed by atoms with Crippen LogP contribution >= 0.6 is 0 Å². The highest BCUT2D eigenvalue weighted by atomic mass is 16.5. The number of hydrogen-bond donors (Lipinski definition) is 1. The maximum atomic E-state index is 11.6. The number of morpholine rings is 1. The second-order valence-corrected chi connectivity index (χ2v) is 7.07. The van der Waals surface area contributed by atoms with Crippen LogP contribution < -0.4 is 10.6 Å². The van der Waals surface area contributed by atoms with Gasteiger partial charge in [-0.1, -0.05) is 19.9 Å². The summed E-state index contributed by atoms with van der Waals surface area (Å²) in [6, 6.07) is 6.08. The van der Waals surface area contributed by atoms with Crippen LogP contribution in [0.15, 0.2) is 18.2 Å². The summed E-state index contributed by atoms with van der Waals surface area (Å²) >= 11 is 0. The summed E-state index contributed by atoms with van der Waals surface area (Å²) in [5.74, 6) is -0.214. The Balaban J connectivity index is 2.22. The van der Waals surface area contributed by atoms with Crippen molar-refractivity contribution in [2.75, 3.05) is 30.8 Å². The highest BCUT2D eigenvalue weighted by molar-refractivity contribution is 5.73. The molecule has 1 fully saturated rings. The van der Waals surface area contributed by atoms with E-state index in [9.17, 15) is 4.79 Å². The fourth-order valence-electron chi connectivity index (χ4n) is 3.17. The van der Waals surface area contributed by atoms with Gasteiger partial charge in [-0.3, -0.25) is 4.79 Å². The van der Waals surface area contributed by atoms with E-state index in [0.717, 1.165) is 30.0 Å². The zero-order valence-corrected chi connectivity index (χ0v) is 14.8. The molecular weight excluding hydrogens is 292 g/mol. The Bertz CT molecular complexity index is 561. The van der Waals surface area contributed by atoms with Crippen molar-refractivity contribution in [2.45, 2.75) is 51.7 Å². The van der Waals surface area contributed by atoms with Crippen LogP contribution in [0.4, 0.5) is 11.4 Å². The number of hydrogen-bond acceptors (Lipinski definition) is 5. The predicted octanol–water partition coefficient (Wildman–Crippen LogP) is 2.72. The molecule has 128 valence electrons. The molecule has 5 nitrogen and oxygen atoms in total. The number of methoxy groups -OCH3 is 1. The Labute approximate surface area is 138 Å². The lowest BCUT2D eigenvalue weighted by Gasteiger charge is -2.37. The third kappa shape index (κ3) is 4.16. The van der Waals surface area contributed by atoms with E-state index in [1.807, 2.05) is 19.9 Å². The third-order valence-corrected chi connectivity index (χ3v) is 4.38. The van der Waals surface area contributed by atoms with Crippen molar-refractivity contribution in [3.05, 3.63) is 23.8 Å². The molecule has 1 aliphatic rings. The number of nitrogen functional groups attached to an aromatic ring is 1. The summed E-state index contributed by atoms with van der Waals surface area (Å²) in [6.45, 7) is 9.87. The summed E-state index contributed by atoms with van der Waals surface area (Å²) in [5.41, 5.74) is 8.80. The summed E-state index contributed by atoms with van der Waals surface area (Å²) in [5, 5.41) is 0. The van der Waals surface area contributed by atoms with Crippen LogP contribution in [-0.4, -0.2) is 38.4 Å². The van der Waals surface area contributed by atoms with E-state index in [1.54, 1.807) is 0 Å². The van der Waals surface area contributed by atoms with Gasteiger partial charge in [-0.25, -0.2) is 0 Å². The smallest absolute Gasteiger partial charge is 0.306 e. The Morgan fingerprint density at radius 1 is 1.35 bits per heavy atom. The Morgan fingerprint density at radius 2 is 1.96 bits per heavy atom. The van der Waals surface area contributed by atoms with Gasteiger partial charge in [0.1, 0.15) is 0 Å². The molecule has 1 aliphatic heterocycles. The van der Waals surface area contributed by atoms with Gasteiger partial charge in [-0.05, 0) is 31.5 Å². The zero-order valence-electron chi connectivity index (χ0n) is 14.8. The van der Waals surface area contributed by atoms with Crippen molar-refractivity contribution in [2.24, 2.45) is 0 Å². The van der Waals surface area contributed by atoms with E-state index in [4.69, 9.17) is 15.2 Å². The molecular formula is C18H28N2O3. The topological polar surface area (TPSA) is 64.8 Å². The van der Waals surface area contributed by atoms with Gasteiger partial charge in [0, 0.05) is 18.5 Å². The number of carbonyl (C=O) groups is 1. The largest absolute Gasteiger partial charge is 0.469 e. The predicted molar refractivity (Wildman–Crippen MR) is 92.7 cm³/mol. The molecule has 0 spiro atoms. The van der Waals surface area contributed by atoms with Crippen LogP contribution in [-0.2, 0) is 19.7 Å². The second-order valence-electron chi connectivity index (χ2n) is 7.07. The molecule has 0 unspecified atom stereocenters. The monoisotopic (exact) mass is 320 g/mol. The molecule has 2 atom stereocenters. The molecule has 0 saturated carbocycles. The molecule has 0 aliphatic carbocycles. The molecule has 0 amide bonds. The van der Waals surface area contributed by atoms with Crippen LogP contribution in [0.5, 0.6) is 0 Å². The number of nitrogens with two attached hydrogens (primary N) is 1. The van der Waals surface area contributed by atoms with Gasteiger partial charge < -0.3 is 20.1 Å². The first-order chi connectivity index (χ1) is 10.7. The van der Waals surface area contributed by atoms with Crippen molar-refractivity contribution in [3.63, 3.8) is 0 Å². The normalized spacial score (nSPS) is 22.0. The number of rotatable bonds is 4. The fraction of sp³-hybridized carbons (Fsp3) is 0.611. The van der Waals surface area contributed by atoms with Crippen molar-refractivity contribution in [1.82, 2.24) is 0 Å². The van der Waals surface area contributed by atoms with E-state index >= 15 is 0 Å². The number of anilines is 2. The molecule has 1 heterocycles. The van der Waals surface area contributed by atoms with E-state index in [2.05, 4.69) is 30.9 Å². The second kappa shape index (κ2) is 6.79. The highest BCUT2D eigenvalue weighted by Crippen LogP contribution is 2.34. The van der Waals surface area contributed by atoms with Crippen molar-refractivity contribution >= 4 is 17.3 Å². The molecule has 23 heavy (non-hydrogen) atoms. The molecule has 2 rings (SSSR count). The zero-order chi connectivity index (χ0) is 17.2. The first kappa shape index (κ1) is 17.6. The minimum Gasteiger partial charge on any atom is -0.469 e. The highest BCUT2D eigenvalue weighted by Gasteiger charge is 2.27. The summed E-state index contributed by atoms with van der Waals surface area (Å²) in [4.78, 5) is 13.9. The van der Waals surface area contributed by atoms with E-state index < -0.39 is 0 Å².